The zero-order chi connectivity index (χ0) is 18.8. The first-order chi connectivity index (χ1) is 11.6. The minimum absolute atomic E-state index is 0.0758. The Morgan fingerprint density at radius 3 is 2.68 bits per heavy atom. The Bertz CT molecular complexity index is 849. The lowest BCUT2D eigenvalue weighted by Crippen LogP contribution is -2.33. The fourth-order valence-electron chi connectivity index (χ4n) is 2.18. The molecule has 3 atom stereocenters. The summed E-state index contributed by atoms with van der Waals surface area (Å²) in [6, 6.07) is 1.10. The van der Waals surface area contributed by atoms with Gasteiger partial charge in [-0.1, -0.05) is 0 Å². The summed E-state index contributed by atoms with van der Waals surface area (Å²) in [6.07, 6.45) is -0.454. The van der Waals surface area contributed by atoms with Gasteiger partial charge in [0.1, 0.15) is 6.23 Å². The van der Waals surface area contributed by atoms with Crippen LogP contribution in [0.15, 0.2) is 39.5 Å². The van der Waals surface area contributed by atoms with Gasteiger partial charge in [-0.05, 0) is 13.0 Å². The number of aromatic amines is 1. The van der Waals surface area contributed by atoms with Crippen molar-refractivity contribution in [2.75, 3.05) is 7.11 Å². The molecule has 2 unspecified atom stereocenters. The average Bonchev–Trinajstić information content (AvgIpc) is 2.81. The van der Waals surface area contributed by atoms with Crippen LogP contribution in [0.3, 0.4) is 0 Å². The highest BCUT2D eigenvalue weighted by molar-refractivity contribution is 7.55. The number of rotatable bonds is 6. The molecular weight excluding hydrogens is 357 g/mol. The highest BCUT2D eigenvalue weighted by Crippen LogP contribution is 2.38. The topological polar surface area (TPSA) is 166 Å². The number of methoxy groups -OCH3 is 1. The van der Waals surface area contributed by atoms with E-state index in [9.17, 15) is 14.2 Å². The third kappa shape index (κ3) is 4.68. The fourth-order valence-corrected chi connectivity index (χ4v) is 2.58. The van der Waals surface area contributed by atoms with Crippen molar-refractivity contribution >= 4 is 13.5 Å². The van der Waals surface area contributed by atoms with Crippen LogP contribution in [-0.4, -0.2) is 44.9 Å². The van der Waals surface area contributed by atoms with Gasteiger partial charge < -0.3 is 29.7 Å². The van der Waals surface area contributed by atoms with E-state index < -0.39 is 37.3 Å². The quantitative estimate of drug-likeness (QED) is 0.363. The van der Waals surface area contributed by atoms with Crippen molar-refractivity contribution < 1.29 is 28.6 Å². The molecular formula is C13H18N3O8P. The molecule has 0 bridgehead atoms. The van der Waals surface area contributed by atoms with Crippen LogP contribution in [0.4, 0.5) is 0 Å². The summed E-state index contributed by atoms with van der Waals surface area (Å²) < 4.78 is 28.3. The molecule has 0 radical (unpaired) electrons. The first-order valence-electron chi connectivity index (χ1n) is 7.05. The molecule has 0 aromatic carbocycles. The molecule has 2 heterocycles. The normalized spacial score (nSPS) is 22.3. The Labute approximate surface area is 141 Å². The van der Waals surface area contributed by atoms with Gasteiger partial charge in [0.05, 0.1) is 7.11 Å². The lowest BCUT2D eigenvalue weighted by atomic mass is 10.2. The molecule has 1 aliphatic heterocycles. The highest BCUT2D eigenvalue weighted by atomic mass is 31.2. The summed E-state index contributed by atoms with van der Waals surface area (Å²) in [5.41, 5.74) is 4.24. The monoisotopic (exact) mass is 375 g/mol. The SMILES string of the molecule is COC1=C(n2ccc(=O)[nH]c2=O)O[C@H](/C=C/P(=O)(O)O)C1OC(C)N. The maximum absolute atomic E-state index is 12.0. The largest absolute Gasteiger partial charge is 0.493 e. The number of H-pyrrole nitrogens is 1. The van der Waals surface area contributed by atoms with Crippen LogP contribution in [0, 0.1) is 0 Å². The fraction of sp³-hybridized carbons (Fsp3) is 0.385. The molecule has 25 heavy (non-hydrogen) atoms. The van der Waals surface area contributed by atoms with Crippen LogP contribution in [0.2, 0.25) is 0 Å². The van der Waals surface area contributed by atoms with Crippen LogP contribution in [-0.2, 0) is 18.8 Å². The van der Waals surface area contributed by atoms with Gasteiger partial charge in [-0.3, -0.25) is 14.3 Å². The Kier molecular flexibility index (Phi) is 5.65. The molecule has 0 saturated heterocycles. The number of hydrogen-bond donors (Lipinski definition) is 4. The minimum Gasteiger partial charge on any atom is -0.493 e. The van der Waals surface area contributed by atoms with Crippen molar-refractivity contribution in [1.29, 1.82) is 0 Å². The van der Waals surface area contributed by atoms with E-state index in [1.165, 1.54) is 13.3 Å². The molecule has 0 spiro atoms. The van der Waals surface area contributed by atoms with E-state index in [0.717, 1.165) is 16.7 Å². The number of nitrogens with two attached hydrogens (primary N) is 1. The average molecular weight is 375 g/mol. The third-order valence-corrected chi connectivity index (χ3v) is 3.67. The molecule has 11 nitrogen and oxygen atoms in total. The van der Waals surface area contributed by atoms with Gasteiger partial charge >= 0.3 is 13.3 Å². The van der Waals surface area contributed by atoms with Crippen molar-refractivity contribution in [3.63, 3.8) is 0 Å². The second-order valence-electron chi connectivity index (χ2n) is 5.13. The lowest BCUT2D eigenvalue weighted by Gasteiger charge is -2.20. The summed E-state index contributed by atoms with van der Waals surface area (Å²) in [5, 5.41) is 0. The summed E-state index contributed by atoms with van der Waals surface area (Å²) in [5.74, 6) is 0.641. The van der Waals surface area contributed by atoms with Crippen molar-refractivity contribution in [2.24, 2.45) is 5.73 Å². The summed E-state index contributed by atoms with van der Waals surface area (Å²) in [7, 11) is -3.13. The van der Waals surface area contributed by atoms with Gasteiger partial charge in [0.25, 0.3) is 5.56 Å². The van der Waals surface area contributed by atoms with Gasteiger partial charge in [0.2, 0.25) is 5.88 Å². The van der Waals surface area contributed by atoms with E-state index in [2.05, 4.69) is 4.98 Å². The van der Waals surface area contributed by atoms with Gasteiger partial charge in [-0.25, -0.2) is 9.36 Å². The molecule has 0 saturated carbocycles. The van der Waals surface area contributed by atoms with Crippen molar-refractivity contribution in [3.8, 4) is 0 Å². The molecule has 5 N–H and O–H groups in total. The van der Waals surface area contributed by atoms with Gasteiger partial charge in [-0.15, -0.1) is 0 Å². The Morgan fingerprint density at radius 1 is 1.48 bits per heavy atom. The zero-order valence-electron chi connectivity index (χ0n) is 13.4. The standard InChI is InChI=1S/C13H18N3O8P/c1-7(14)23-10-8(4-6-25(19,20)21)24-12(11(10)22-2)16-5-3-9(17)15-13(16)18/h3-8,10H,14H2,1-2H3,(H,15,17,18)(H2,19,20,21)/b6-4+/t7?,8-,10?/m1/s1. The van der Waals surface area contributed by atoms with Crippen LogP contribution >= 0.6 is 7.60 Å². The number of hydrogen-bond acceptors (Lipinski definition) is 7. The Hall–Kier alpha value is -2.17. The van der Waals surface area contributed by atoms with Crippen LogP contribution in [0.1, 0.15) is 6.92 Å². The van der Waals surface area contributed by atoms with E-state index >= 15 is 0 Å². The van der Waals surface area contributed by atoms with E-state index in [1.54, 1.807) is 6.92 Å². The second-order valence-corrected chi connectivity index (χ2v) is 6.60. The highest BCUT2D eigenvalue weighted by Gasteiger charge is 2.40. The molecule has 12 heteroatoms. The molecule has 0 fully saturated rings. The Balaban J connectivity index is 2.49. The molecule has 0 amide bonds. The lowest BCUT2D eigenvalue weighted by molar-refractivity contribution is -0.0342. The predicted molar refractivity (Wildman–Crippen MR) is 86.1 cm³/mol. The molecule has 1 aromatic heterocycles. The summed E-state index contributed by atoms with van der Waals surface area (Å²) >= 11 is 0. The second kappa shape index (κ2) is 7.38. The number of nitrogens with zero attached hydrogens (tertiary/aromatic N) is 1. The van der Waals surface area contributed by atoms with Gasteiger partial charge in [0, 0.05) is 18.1 Å². The van der Waals surface area contributed by atoms with Gasteiger partial charge in [-0.2, -0.15) is 0 Å². The maximum Gasteiger partial charge on any atom is 0.348 e. The smallest absolute Gasteiger partial charge is 0.348 e. The molecule has 2 rings (SSSR count). The van der Waals surface area contributed by atoms with Crippen molar-refractivity contribution in [3.05, 3.63) is 50.8 Å². The zero-order valence-corrected chi connectivity index (χ0v) is 14.3. The molecule has 1 aliphatic rings. The predicted octanol–water partition coefficient (Wildman–Crippen LogP) is -0.911. The van der Waals surface area contributed by atoms with Gasteiger partial charge in [0.15, 0.2) is 18.0 Å². The summed E-state index contributed by atoms with van der Waals surface area (Å²) in [4.78, 5) is 43.2. The van der Waals surface area contributed by atoms with Crippen LogP contribution in [0.25, 0.3) is 5.88 Å². The third-order valence-electron chi connectivity index (χ3n) is 3.11. The van der Waals surface area contributed by atoms with E-state index in [1.807, 2.05) is 0 Å². The minimum atomic E-state index is -4.44. The maximum atomic E-state index is 12.0. The Morgan fingerprint density at radius 2 is 2.16 bits per heavy atom. The van der Waals surface area contributed by atoms with E-state index in [4.69, 9.17) is 29.7 Å². The molecule has 1 aromatic rings. The molecule has 0 aliphatic carbocycles. The summed E-state index contributed by atoms with van der Waals surface area (Å²) in [6.45, 7) is 1.54. The first-order valence-corrected chi connectivity index (χ1v) is 8.73. The molecule has 138 valence electrons. The van der Waals surface area contributed by atoms with E-state index in [-0.39, 0.29) is 11.6 Å². The number of nitrogens with one attached hydrogen (secondary N) is 1. The van der Waals surface area contributed by atoms with E-state index in [0.29, 0.717) is 5.82 Å². The number of aromatic nitrogens is 2. The van der Waals surface area contributed by atoms with Crippen LogP contribution < -0.4 is 17.0 Å². The first kappa shape index (κ1) is 19.2. The van der Waals surface area contributed by atoms with Crippen molar-refractivity contribution in [2.45, 2.75) is 25.4 Å². The van der Waals surface area contributed by atoms with Crippen LogP contribution in [0.5, 0.6) is 0 Å². The number of ether oxygens (including phenoxy) is 3. The van der Waals surface area contributed by atoms with Crippen molar-refractivity contribution in [1.82, 2.24) is 9.55 Å².